The molecule has 0 spiro atoms. The van der Waals surface area contributed by atoms with Crippen molar-refractivity contribution >= 4 is 24.0 Å². The number of amides is 1. The summed E-state index contributed by atoms with van der Waals surface area (Å²) in [5.41, 5.74) is 2.15. The maximum absolute atomic E-state index is 12.0. The second-order valence-electron chi connectivity index (χ2n) is 5.20. The number of ether oxygens (including phenoxy) is 1. The first-order chi connectivity index (χ1) is 10.6. The Bertz CT molecular complexity index is 588. The van der Waals surface area contributed by atoms with E-state index in [9.17, 15) is 4.79 Å². The van der Waals surface area contributed by atoms with Crippen LogP contribution >= 0.6 is 12.4 Å². The van der Waals surface area contributed by atoms with Crippen LogP contribution in [0, 0.1) is 6.92 Å². The van der Waals surface area contributed by atoms with Crippen molar-refractivity contribution in [2.75, 3.05) is 32.1 Å². The zero-order chi connectivity index (χ0) is 15.8. The molecule has 1 N–H and O–H groups in total. The van der Waals surface area contributed by atoms with E-state index in [1.807, 2.05) is 61.5 Å². The van der Waals surface area contributed by atoms with Gasteiger partial charge in [0.2, 0.25) is 5.91 Å². The average molecular weight is 335 g/mol. The van der Waals surface area contributed by atoms with E-state index in [0.717, 1.165) is 11.4 Å². The Hall–Kier alpha value is -2.20. The normalized spacial score (nSPS) is 9.65. The lowest BCUT2D eigenvalue weighted by molar-refractivity contribution is -0.128. The van der Waals surface area contributed by atoms with Crippen molar-refractivity contribution in [1.29, 1.82) is 0 Å². The van der Waals surface area contributed by atoms with Gasteiger partial charge in [0.05, 0.1) is 13.1 Å². The molecule has 0 saturated carbocycles. The van der Waals surface area contributed by atoms with E-state index in [4.69, 9.17) is 4.74 Å². The summed E-state index contributed by atoms with van der Waals surface area (Å²) < 4.78 is 5.63. The van der Waals surface area contributed by atoms with Gasteiger partial charge in [-0.05, 0) is 31.2 Å². The van der Waals surface area contributed by atoms with Crippen molar-refractivity contribution in [2.45, 2.75) is 6.92 Å². The monoisotopic (exact) mass is 334 g/mol. The standard InChI is InChI=1S/C18H22N2O2.ClH/c1-15-8-10-17(11-9-15)22-13-12-20(2)18(21)14-19-16-6-4-3-5-7-16;/h3-11,19H,12-14H2,1-2H3;1H. The molecule has 0 saturated heterocycles. The van der Waals surface area contributed by atoms with Crippen molar-refractivity contribution in [1.82, 2.24) is 4.90 Å². The number of rotatable bonds is 7. The van der Waals surface area contributed by atoms with E-state index in [2.05, 4.69) is 5.32 Å². The molecule has 0 aliphatic heterocycles. The van der Waals surface area contributed by atoms with Gasteiger partial charge in [-0.15, -0.1) is 12.4 Å². The molecule has 0 aliphatic carbocycles. The molecule has 0 radical (unpaired) electrons. The number of anilines is 1. The number of likely N-dealkylation sites (N-methyl/N-ethyl adjacent to an activating group) is 1. The van der Waals surface area contributed by atoms with Gasteiger partial charge in [0.1, 0.15) is 12.4 Å². The molecule has 0 atom stereocenters. The highest BCUT2D eigenvalue weighted by Crippen LogP contribution is 2.11. The van der Waals surface area contributed by atoms with Gasteiger partial charge < -0.3 is 15.0 Å². The number of benzene rings is 2. The molecule has 0 heterocycles. The molecule has 2 aromatic rings. The minimum absolute atomic E-state index is 0. The maximum atomic E-state index is 12.0. The zero-order valence-corrected chi connectivity index (χ0v) is 14.3. The summed E-state index contributed by atoms with van der Waals surface area (Å²) in [5, 5.41) is 3.11. The van der Waals surface area contributed by atoms with Crippen LogP contribution in [0.3, 0.4) is 0 Å². The molecule has 0 fully saturated rings. The summed E-state index contributed by atoms with van der Waals surface area (Å²) in [4.78, 5) is 13.7. The molecule has 0 unspecified atom stereocenters. The molecule has 1 amide bonds. The van der Waals surface area contributed by atoms with Crippen LogP contribution in [0.4, 0.5) is 5.69 Å². The summed E-state index contributed by atoms with van der Waals surface area (Å²) in [6.07, 6.45) is 0. The van der Waals surface area contributed by atoms with E-state index >= 15 is 0 Å². The molecular weight excluding hydrogens is 312 g/mol. The molecule has 23 heavy (non-hydrogen) atoms. The number of nitrogens with one attached hydrogen (secondary N) is 1. The van der Waals surface area contributed by atoms with Crippen molar-refractivity contribution in [3.8, 4) is 5.75 Å². The smallest absolute Gasteiger partial charge is 0.241 e. The first-order valence-corrected chi connectivity index (χ1v) is 7.37. The minimum Gasteiger partial charge on any atom is -0.492 e. The summed E-state index contributed by atoms with van der Waals surface area (Å²) in [7, 11) is 1.79. The first-order valence-electron chi connectivity index (χ1n) is 7.37. The predicted octanol–water partition coefficient (Wildman–Crippen LogP) is 3.37. The van der Waals surface area contributed by atoms with Gasteiger partial charge in [-0.3, -0.25) is 4.79 Å². The van der Waals surface area contributed by atoms with E-state index in [0.29, 0.717) is 13.2 Å². The predicted molar refractivity (Wildman–Crippen MR) is 96.5 cm³/mol. The fraction of sp³-hybridized carbons (Fsp3) is 0.278. The van der Waals surface area contributed by atoms with Crippen molar-refractivity contribution in [3.05, 3.63) is 60.2 Å². The second-order valence-corrected chi connectivity index (χ2v) is 5.20. The van der Waals surface area contributed by atoms with E-state index in [1.54, 1.807) is 11.9 Å². The highest BCUT2D eigenvalue weighted by Gasteiger charge is 2.08. The molecule has 4 nitrogen and oxygen atoms in total. The number of carbonyl (C=O) groups excluding carboxylic acids is 1. The van der Waals surface area contributed by atoms with Crippen molar-refractivity contribution < 1.29 is 9.53 Å². The number of carbonyl (C=O) groups is 1. The largest absolute Gasteiger partial charge is 0.492 e. The fourth-order valence-corrected chi connectivity index (χ4v) is 1.93. The van der Waals surface area contributed by atoms with Gasteiger partial charge >= 0.3 is 0 Å². The molecule has 0 bridgehead atoms. The third-order valence-corrected chi connectivity index (χ3v) is 3.36. The third-order valence-electron chi connectivity index (χ3n) is 3.36. The summed E-state index contributed by atoms with van der Waals surface area (Å²) in [6, 6.07) is 17.6. The van der Waals surface area contributed by atoms with Gasteiger partial charge in [0.25, 0.3) is 0 Å². The second kappa shape index (κ2) is 9.74. The third kappa shape index (κ3) is 6.61. The van der Waals surface area contributed by atoms with Gasteiger partial charge in [0.15, 0.2) is 0 Å². The molecule has 2 rings (SSSR count). The van der Waals surface area contributed by atoms with Crippen LogP contribution in [0.2, 0.25) is 0 Å². The van der Waals surface area contributed by atoms with Crippen LogP contribution in [-0.4, -0.2) is 37.6 Å². The minimum atomic E-state index is 0. The molecule has 2 aromatic carbocycles. The van der Waals surface area contributed by atoms with Crippen LogP contribution in [0.1, 0.15) is 5.56 Å². The van der Waals surface area contributed by atoms with Crippen LogP contribution < -0.4 is 10.1 Å². The lowest BCUT2D eigenvalue weighted by atomic mass is 10.2. The van der Waals surface area contributed by atoms with Crippen molar-refractivity contribution in [3.63, 3.8) is 0 Å². The number of aryl methyl sites for hydroxylation is 1. The first kappa shape index (κ1) is 18.8. The topological polar surface area (TPSA) is 41.6 Å². The van der Waals surface area contributed by atoms with Gasteiger partial charge in [-0.25, -0.2) is 0 Å². The lowest BCUT2D eigenvalue weighted by Crippen LogP contribution is -2.35. The number of halogens is 1. The maximum Gasteiger partial charge on any atom is 0.241 e. The molecule has 124 valence electrons. The Morgan fingerprint density at radius 1 is 1.09 bits per heavy atom. The Morgan fingerprint density at radius 2 is 1.74 bits per heavy atom. The van der Waals surface area contributed by atoms with Crippen molar-refractivity contribution in [2.24, 2.45) is 0 Å². The molecule has 5 heteroatoms. The Labute approximate surface area is 143 Å². The molecule has 0 aromatic heterocycles. The summed E-state index contributed by atoms with van der Waals surface area (Å²) in [5.74, 6) is 0.866. The van der Waals surface area contributed by atoms with Crippen LogP contribution in [-0.2, 0) is 4.79 Å². The summed E-state index contributed by atoms with van der Waals surface area (Å²) >= 11 is 0. The zero-order valence-electron chi connectivity index (χ0n) is 13.5. The SMILES string of the molecule is Cc1ccc(OCCN(C)C(=O)CNc2ccccc2)cc1.Cl. The van der Waals surface area contributed by atoms with E-state index in [-0.39, 0.29) is 24.9 Å². The summed E-state index contributed by atoms with van der Waals surface area (Å²) in [6.45, 7) is 3.36. The van der Waals surface area contributed by atoms with Gasteiger partial charge in [-0.2, -0.15) is 0 Å². The van der Waals surface area contributed by atoms with Crippen LogP contribution in [0.25, 0.3) is 0 Å². The number of para-hydroxylation sites is 1. The van der Waals surface area contributed by atoms with E-state index in [1.165, 1.54) is 5.56 Å². The van der Waals surface area contributed by atoms with Gasteiger partial charge in [-0.1, -0.05) is 35.9 Å². The number of hydrogen-bond donors (Lipinski definition) is 1. The molecular formula is C18H23ClN2O2. The quantitative estimate of drug-likeness (QED) is 0.844. The van der Waals surface area contributed by atoms with Gasteiger partial charge in [0, 0.05) is 12.7 Å². The Kier molecular flexibility index (Phi) is 7.98. The van der Waals surface area contributed by atoms with Crippen LogP contribution in [0.15, 0.2) is 54.6 Å². The number of hydrogen-bond acceptors (Lipinski definition) is 3. The fourth-order valence-electron chi connectivity index (χ4n) is 1.93. The highest BCUT2D eigenvalue weighted by atomic mass is 35.5. The number of nitrogens with zero attached hydrogens (tertiary/aromatic N) is 1. The van der Waals surface area contributed by atoms with E-state index < -0.39 is 0 Å². The lowest BCUT2D eigenvalue weighted by Gasteiger charge is -2.18. The Balaban J connectivity index is 0.00000264. The molecule has 0 aliphatic rings. The highest BCUT2D eigenvalue weighted by molar-refractivity contribution is 5.85. The average Bonchev–Trinajstić information content (AvgIpc) is 2.55. The van der Waals surface area contributed by atoms with Crippen LogP contribution in [0.5, 0.6) is 5.75 Å². The Morgan fingerprint density at radius 3 is 2.39 bits per heavy atom.